The zero-order chi connectivity index (χ0) is 22.5. The van der Waals surface area contributed by atoms with E-state index in [2.05, 4.69) is 15.7 Å². The fraction of sp³-hybridized carbons (Fsp3) is 0.292. The first kappa shape index (κ1) is 22.1. The van der Waals surface area contributed by atoms with Gasteiger partial charge in [0.1, 0.15) is 0 Å². The Kier molecular flexibility index (Phi) is 6.74. The van der Waals surface area contributed by atoms with Crippen molar-refractivity contribution in [1.82, 2.24) is 15.1 Å². The molecule has 0 bridgehead atoms. The van der Waals surface area contributed by atoms with E-state index in [1.54, 1.807) is 6.07 Å². The van der Waals surface area contributed by atoms with Crippen molar-refractivity contribution < 1.29 is 4.79 Å². The number of nitrogens with zero attached hydrogens (tertiary/aromatic N) is 4. The molecule has 1 aromatic heterocycles. The third-order valence-corrected chi connectivity index (χ3v) is 5.31. The van der Waals surface area contributed by atoms with Crippen molar-refractivity contribution in [2.45, 2.75) is 27.3 Å². The number of benzene rings is 2. The molecule has 2 aromatic carbocycles. The molecule has 0 spiro atoms. The number of aromatic nitrogens is 2. The molecule has 31 heavy (non-hydrogen) atoms. The van der Waals surface area contributed by atoms with Gasteiger partial charge in [-0.15, -0.1) is 0 Å². The van der Waals surface area contributed by atoms with E-state index in [-0.39, 0.29) is 5.91 Å². The fourth-order valence-electron chi connectivity index (χ4n) is 3.26. The second-order valence-corrected chi connectivity index (χ2v) is 7.78. The fourth-order valence-corrected chi connectivity index (χ4v) is 3.26. The van der Waals surface area contributed by atoms with Crippen LogP contribution in [0.5, 0.6) is 0 Å². The van der Waals surface area contributed by atoms with Crippen LogP contribution < -0.4 is 15.5 Å². The smallest absolute Gasteiger partial charge is 0.258 e. The monoisotopic (exact) mass is 418 g/mol. The number of para-hydroxylation sites is 1. The molecule has 0 radical (unpaired) electrons. The summed E-state index contributed by atoms with van der Waals surface area (Å²) in [6.07, 6.45) is 0. The summed E-state index contributed by atoms with van der Waals surface area (Å²) in [7, 11) is 5.81. The van der Waals surface area contributed by atoms with Gasteiger partial charge in [0, 0.05) is 49.3 Å². The summed E-state index contributed by atoms with van der Waals surface area (Å²) in [5, 5.41) is 10.7. The number of hydrogen-bond acceptors (Lipinski definition) is 4. The number of guanidine groups is 1. The van der Waals surface area contributed by atoms with E-state index in [0.717, 1.165) is 33.9 Å². The number of aryl methyl sites for hydroxylation is 3. The van der Waals surface area contributed by atoms with Crippen LogP contribution in [-0.2, 0) is 13.6 Å². The Hall–Kier alpha value is -3.61. The van der Waals surface area contributed by atoms with E-state index in [0.29, 0.717) is 18.1 Å². The molecule has 0 aliphatic carbocycles. The predicted molar refractivity (Wildman–Crippen MR) is 127 cm³/mol. The number of anilines is 2. The lowest BCUT2D eigenvalue weighted by Gasteiger charge is -2.15. The van der Waals surface area contributed by atoms with E-state index < -0.39 is 0 Å². The Morgan fingerprint density at radius 2 is 1.84 bits per heavy atom. The summed E-state index contributed by atoms with van der Waals surface area (Å²) < 4.78 is 1.85. The number of nitrogens with one attached hydrogen (secondary N) is 2. The van der Waals surface area contributed by atoms with Crippen LogP contribution in [0.3, 0.4) is 0 Å². The molecule has 1 heterocycles. The molecule has 0 aliphatic rings. The highest BCUT2D eigenvalue weighted by Gasteiger charge is 2.13. The van der Waals surface area contributed by atoms with Crippen LogP contribution in [0.1, 0.15) is 32.9 Å². The van der Waals surface area contributed by atoms with Crippen LogP contribution in [0, 0.1) is 20.8 Å². The molecular weight excluding hydrogens is 388 g/mol. The molecule has 7 heteroatoms. The molecule has 1 amide bonds. The number of amides is 1. The number of carbonyl (C=O) groups is 1. The average Bonchev–Trinajstić information content (AvgIpc) is 2.99. The largest absolute Gasteiger partial charge is 0.378 e. The number of hydrogen-bond donors (Lipinski definition) is 2. The molecule has 0 saturated carbocycles. The summed E-state index contributed by atoms with van der Waals surface area (Å²) in [4.78, 5) is 19.6. The highest BCUT2D eigenvalue weighted by atomic mass is 16.1. The van der Waals surface area contributed by atoms with Crippen LogP contribution in [0.4, 0.5) is 11.4 Å². The second-order valence-electron chi connectivity index (χ2n) is 7.78. The lowest BCUT2D eigenvalue weighted by Crippen LogP contribution is -2.36. The van der Waals surface area contributed by atoms with Crippen LogP contribution in [0.25, 0.3) is 0 Å². The standard InChI is InChI=1S/C24H30N6O/c1-16-10-7-8-13-22(16)26-24(25-15-21-17(2)28-30(6)18(21)3)27-23(31)19-11-9-12-20(14-19)29(4)5/h7-14H,15H2,1-6H3,(H2,25,26,27,31). The van der Waals surface area contributed by atoms with Gasteiger partial charge < -0.3 is 10.2 Å². The Balaban J connectivity index is 1.89. The molecule has 162 valence electrons. The van der Waals surface area contributed by atoms with Gasteiger partial charge in [-0.3, -0.25) is 14.8 Å². The molecule has 0 atom stereocenters. The zero-order valence-electron chi connectivity index (χ0n) is 19.0. The van der Waals surface area contributed by atoms with Crippen molar-refractivity contribution >= 4 is 23.2 Å². The molecule has 3 rings (SSSR count). The summed E-state index contributed by atoms with van der Waals surface area (Å²) in [5.74, 6) is 0.181. The molecule has 2 N–H and O–H groups in total. The zero-order valence-corrected chi connectivity index (χ0v) is 19.0. The molecule has 0 unspecified atom stereocenters. The minimum atomic E-state index is -0.219. The highest BCUT2D eigenvalue weighted by Crippen LogP contribution is 2.16. The van der Waals surface area contributed by atoms with E-state index in [1.165, 1.54) is 0 Å². The van der Waals surface area contributed by atoms with Gasteiger partial charge in [-0.25, -0.2) is 4.99 Å². The maximum atomic E-state index is 13.0. The number of carbonyl (C=O) groups excluding carboxylic acids is 1. The van der Waals surface area contributed by atoms with Crippen molar-refractivity contribution in [1.29, 1.82) is 0 Å². The van der Waals surface area contributed by atoms with E-state index in [4.69, 9.17) is 4.99 Å². The molecule has 3 aromatic rings. The average molecular weight is 419 g/mol. The van der Waals surface area contributed by atoms with Gasteiger partial charge in [0.25, 0.3) is 5.91 Å². The maximum Gasteiger partial charge on any atom is 0.258 e. The SMILES string of the molecule is Cc1ccccc1NC(=NCc1c(C)nn(C)c1C)NC(=O)c1cccc(N(C)C)c1. The highest BCUT2D eigenvalue weighted by molar-refractivity contribution is 6.10. The first-order chi connectivity index (χ1) is 14.8. The molecular formula is C24H30N6O. The van der Waals surface area contributed by atoms with E-state index in [9.17, 15) is 4.79 Å². The molecule has 7 nitrogen and oxygen atoms in total. The molecule has 0 aliphatic heterocycles. The Morgan fingerprint density at radius 1 is 1.10 bits per heavy atom. The topological polar surface area (TPSA) is 74.5 Å². The van der Waals surface area contributed by atoms with Crippen LogP contribution in [-0.4, -0.2) is 35.7 Å². The van der Waals surface area contributed by atoms with Crippen LogP contribution in [0.2, 0.25) is 0 Å². The van der Waals surface area contributed by atoms with Crippen LogP contribution >= 0.6 is 0 Å². The van der Waals surface area contributed by atoms with E-state index in [1.807, 2.05) is 94.0 Å². The molecule has 0 saturated heterocycles. The lowest BCUT2D eigenvalue weighted by molar-refractivity contribution is 0.0977. The summed E-state index contributed by atoms with van der Waals surface area (Å²) >= 11 is 0. The van der Waals surface area contributed by atoms with Crippen LogP contribution in [0.15, 0.2) is 53.5 Å². The predicted octanol–water partition coefficient (Wildman–Crippen LogP) is 3.81. The quantitative estimate of drug-likeness (QED) is 0.488. The normalized spacial score (nSPS) is 11.4. The third kappa shape index (κ3) is 5.31. The maximum absolute atomic E-state index is 13.0. The summed E-state index contributed by atoms with van der Waals surface area (Å²) in [5.41, 5.74) is 6.52. The first-order valence-electron chi connectivity index (χ1n) is 10.2. The van der Waals surface area contributed by atoms with Gasteiger partial charge in [-0.1, -0.05) is 24.3 Å². The van der Waals surface area contributed by atoms with Crippen molar-refractivity contribution in [2.75, 3.05) is 24.3 Å². The van der Waals surface area contributed by atoms with Gasteiger partial charge >= 0.3 is 0 Å². The van der Waals surface area contributed by atoms with Gasteiger partial charge in [0.05, 0.1) is 12.2 Å². The molecule has 0 fully saturated rings. The Labute approximate surface area is 183 Å². The first-order valence-corrected chi connectivity index (χ1v) is 10.2. The Morgan fingerprint density at radius 3 is 2.48 bits per heavy atom. The van der Waals surface area contributed by atoms with Gasteiger partial charge in [0.15, 0.2) is 0 Å². The van der Waals surface area contributed by atoms with Crippen molar-refractivity contribution in [3.63, 3.8) is 0 Å². The number of aliphatic imine (C=N–C) groups is 1. The lowest BCUT2D eigenvalue weighted by atomic mass is 10.2. The summed E-state index contributed by atoms with van der Waals surface area (Å²) in [6, 6.07) is 15.4. The van der Waals surface area contributed by atoms with Crippen molar-refractivity contribution in [3.05, 3.63) is 76.6 Å². The van der Waals surface area contributed by atoms with Crippen molar-refractivity contribution in [3.8, 4) is 0 Å². The second kappa shape index (κ2) is 9.47. The Bertz CT molecular complexity index is 1110. The van der Waals surface area contributed by atoms with Crippen molar-refractivity contribution in [2.24, 2.45) is 12.0 Å². The van der Waals surface area contributed by atoms with E-state index >= 15 is 0 Å². The van der Waals surface area contributed by atoms with Gasteiger partial charge in [0.2, 0.25) is 5.96 Å². The minimum Gasteiger partial charge on any atom is -0.378 e. The summed E-state index contributed by atoms with van der Waals surface area (Å²) in [6.45, 7) is 6.41. The number of rotatable bonds is 5. The van der Waals surface area contributed by atoms with Gasteiger partial charge in [-0.2, -0.15) is 5.10 Å². The van der Waals surface area contributed by atoms with Gasteiger partial charge in [-0.05, 0) is 50.6 Å². The third-order valence-electron chi connectivity index (χ3n) is 5.31. The minimum absolute atomic E-state index is 0.219.